The average Bonchev–Trinajstić information content (AvgIpc) is 3.72. The van der Waals surface area contributed by atoms with Crippen LogP contribution in [-0.4, -0.2) is 38.4 Å². The molecule has 5 heterocycles. The van der Waals surface area contributed by atoms with Crippen molar-refractivity contribution in [3.05, 3.63) is 76.7 Å². The molecule has 1 amide bonds. The third-order valence-electron chi connectivity index (χ3n) is 8.25. The summed E-state index contributed by atoms with van der Waals surface area (Å²) in [6, 6.07) is 19.0. The van der Waals surface area contributed by atoms with Crippen LogP contribution in [0.3, 0.4) is 0 Å². The molecule has 4 aliphatic heterocycles. The van der Waals surface area contributed by atoms with Gasteiger partial charge >= 0.3 is 0 Å². The van der Waals surface area contributed by atoms with Gasteiger partial charge in [-0.25, -0.2) is 0 Å². The van der Waals surface area contributed by atoms with Gasteiger partial charge in [-0.15, -0.1) is 11.3 Å². The fraction of sp³-hybridized carbons (Fsp3) is 0.300. The third kappa shape index (κ3) is 2.71. The summed E-state index contributed by atoms with van der Waals surface area (Å²) < 4.78 is 19.4. The minimum Gasteiger partial charge on any atom is -0.493 e. The number of thiophene rings is 1. The highest BCUT2D eigenvalue weighted by Gasteiger charge is 2.58. The fourth-order valence-corrected chi connectivity index (χ4v) is 7.51. The minimum atomic E-state index is -0.874. The van der Waals surface area contributed by atoms with Gasteiger partial charge < -0.3 is 19.1 Å². The third-order valence-corrected chi connectivity index (χ3v) is 9.21. The SMILES string of the molecule is O=C1N(C[C@H]2CCCO2)c2cccc(-c3csc4ccccc34)c2C12COc1cc3c(cc12)CCO3. The summed E-state index contributed by atoms with van der Waals surface area (Å²) in [6.07, 6.45) is 2.96. The van der Waals surface area contributed by atoms with Crippen LogP contribution >= 0.6 is 11.3 Å². The molecule has 1 aromatic heterocycles. The van der Waals surface area contributed by atoms with E-state index in [2.05, 4.69) is 53.9 Å². The topological polar surface area (TPSA) is 48.0 Å². The molecule has 2 atom stereocenters. The van der Waals surface area contributed by atoms with E-state index < -0.39 is 5.41 Å². The van der Waals surface area contributed by atoms with Crippen molar-refractivity contribution in [2.75, 3.05) is 31.3 Å². The van der Waals surface area contributed by atoms with Crippen LogP contribution in [0.4, 0.5) is 5.69 Å². The molecule has 1 fully saturated rings. The van der Waals surface area contributed by atoms with Crippen molar-refractivity contribution in [3.63, 3.8) is 0 Å². The molecule has 36 heavy (non-hydrogen) atoms. The lowest BCUT2D eigenvalue weighted by Crippen LogP contribution is -2.45. The standard InChI is InChI=1S/C30H25NO4S/c32-29-30(17-35-26-14-25-18(10-12-34-25)13-23(26)30)28-21(22-16-36-27-9-2-1-6-20(22)27)7-3-8-24(28)31(29)15-19-5-4-11-33-19/h1-3,6-9,13-14,16,19H,4-5,10-12,15,17H2/t19-,30?/m1/s1. The molecule has 0 radical (unpaired) electrons. The number of anilines is 1. The predicted octanol–water partition coefficient (Wildman–Crippen LogP) is 5.71. The van der Waals surface area contributed by atoms with E-state index in [9.17, 15) is 4.79 Å². The van der Waals surface area contributed by atoms with E-state index in [1.807, 2.05) is 11.0 Å². The molecule has 3 aromatic carbocycles. The number of carbonyl (C=O) groups excluding carboxylic acids is 1. The van der Waals surface area contributed by atoms with Crippen LogP contribution in [0.1, 0.15) is 29.5 Å². The van der Waals surface area contributed by atoms with E-state index in [-0.39, 0.29) is 12.0 Å². The van der Waals surface area contributed by atoms with Gasteiger partial charge in [0.25, 0.3) is 0 Å². The van der Waals surface area contributed by atoms with Crippen LogP contribution in [0.25, 0.3) is 21.2 Å². The van der Waals surface area contributed by atoms with Gasteiger partial charge in [-0.3, -0.25) is 4.79 Å². The minimum absolute atomic E-state index is 0.0674. The molecule has 1 unspecified atom stereocenters. The molecule has 180 valence electrons. The van der Waals surface area contributed by atoms with Gasteiger partial charge in [0.1, 0.15) is 23.5 Å². The van der Waals surface area contributed by atoms with E-state index in [1.165, 1.54) is 15.6 Å². The van der Waals surface area contributed by atoms with Crippen molar-refractivity contribution in [2.24, 2.45) is 0 Å². The van der Waals surface area contributed by atoms with Crippen LogP contribution in [0.2, 0.25) is 0 Å². The van der Waals surface area contributed by atoms with Crippen LogP contribution in [0, 0.1) is 0 Å². The summed E-state index contributed by atoms with van der Waals surface area (Å²) in [6.45, 7) is 2.32. The Morgan fingerprint density at radius 2 is 1.94 bits per heavy atom. The van der Waals surface area contributed by atoms with Gasteiger partial charge in [0.2, 0.25) is 5.91 Å². The molecule has 1 saturated heterocycles. The molecule has 8 rings (SSSR count). The smallest absolute Gasteiger partial charge is 0.245 e. The summed E-state index contributed by atoms with van der Waals surface area (Å²) in [5.74, 6) is 1.74. The zero-order chi connectivity index (χ0) is 23.9. The van der Waals surface area contributed by atoms with Crippen molar-refractivity contribution in [1.29, 1.82) is 0 Å². The number of fused-ring (bicyclic) bond motifs is 6. The lowest BCUT2D eigenvalue weighted by atomic mass is 9.73. The molecule has 0 N–H and O–H groups in total. The lowest BCUT2D eigenvalue weighted by molar-refractivity contribution is -0.122. The van der Waals surface area contributed by atoms with Gasteiger partial charge in [0, 0.05) is 51.6 Å². The molecule has 6 heteroatoms. The second kappa shape index (κ2) is 7.58. The number of hydrogen-bond donors (Lipinski definition) is 0. The molecule has 5 nitrogen and oxygen atoms in total. The Kier molecular flexibility index (Phi) is 4.38. The maximum absolute atomic E-state index is 14.6. The molecule has 4 aromatic rings. The number of benzene rings is 3. The first-order valence-corrected chi connectivity index (χ1v) is 13.6. The number of ether oxygens (including phenoxy) is 3. The van der Waals surface area contributed by atoms with Gasteiger partial charge in [0.15, 0.2) is 0 Å². The monoisotopic (exact) mass is 495 g/mol. The Bertz CT molecular complexity index is 1550. The fourth-order valence-electron chi connectivity index (χ4n) is 6.55. The molecule has 0 saturated carbocycles. The van der Waals surface area contributed by atoms with Crippen molar-refractivity contribution >= 4 is 33.0 Å². The maximum atomic E-state index is 14.6. The highest BCUT2D eigenvalue weighted by Crippen LogP contribution is 2.57. The van der Waals surface area contributed by atoms with Crippen LogP contribution < -0.4 is 14.4 Å². The average molecular weight is 496 g/mol. The molecule has 0 aliphatic carbocycles. The number of rotatable bonds is 3. The molecule has 0 bridgehead atoms. The Balaban J connectivity index is 1.39. The number of nitrogens with zero attached hydrogens (tertiary/aromatic N) is 1. The number of amides is 1. The Morgan fingerprint density at radius 1 is 1.00 bits per heavy atom. The van der Waals surface area contributed by atoms with E-state index in [4.69, 9.17) is 14.2 Å². The molecular weight excluding hydrogens is 470 g/mol. The van der Waals surface area contributed by atoms with E-state index in [0.29, 0.717) is 19.8 Å². The molecular formula is C30H25NO4S. The zero-order valence-electron chi connectivity index (χ0n) is 19.8. The summed E-state index contributed by atoms with van der Waals surface area (Å²) in [4.78, 5) is 16.6. The molecule has 4 aliphatic rings. The van der Waals surface area contributed by atoms with Gasteiger partial charge in [-0.05, 0) is 47.5 Å². The number of hydrogen-bond acceptors (Lipinski definition) is 5. The van der Waals surface area contributed by atoms with Crippen molar-refractivity contribution in [1.82, 2.24) is 0 Å². The largest absolute Gasteiger partial charge is 0.493 e. The maximum Gasteiger partial charge on any atom is 0.245 e. The van der Waals surface area contributed by atoms with Gasteiger partial charge in [-0.1, -0.05) is 30.3 Å². The van der Waals surface area contributed by atoms with E-state index in [0.717, 1.165) is 65.3 Å². The second-order valence-corrected chi connectivity index (χ2v) is 11.1. The van der Waals surface area contributed by atoms with Crippen LogP contribution in [0.5, 0.6) is 11.5 Å². The summed E-state index contributed by atoms with van der Waals surface area (Å²) >= 11 is 1.75. The van der Waals surface area contributed by atoms with Crippen molar-refractivity contribution < 1.29 is 19.0 Å². The first-order chi connectivity index (χ1) is 17.7. The Hall–Kier alpha value is -3.35. The lowest BCUT2D eigenvalue weighted by Gasteiger charge is -2.25. The van der Waals surface area contributed by atoms with E-state index >= 15 is 0 Å². The second-order valence-electron chi connectivity index (χ2n) is 10.1. The van der Waals surface area contributed by atoms with Gasteiger partial charge in [0.05, 0.1) is 19.3 Å². The van der Waals surface area contributed by atoms with Crippen LogP contribution in [0.15, 0.2) is 60.0 Å². The zero-order valence-corrected chi connectivity index (χ0v) is 20.6. The Morgan fingerprint density at radius 3 is 2.86 bits per heavy atom. The quantitative estimate of drug-likeness (QED) is 0.365. The van der Waals surface area contributed by atoms with Gasteiger partial charge in [-0.2, -0.15) is 0 Å². The highest BCUT2D eigenvalue weighted by atomic mass is 32.1. The van der Waals surface area contributed by atoms with Crippen molar-refractivity contribution in [3.8, 4) is 22.6 Å². The van der Waals surface area contributed by atoms with Crippen LogP contribution in [-0.2, 0) is 21.4 Å². The van der Waals surface area contributed by atoms with Crippen molar-refractivity contribution in [2.45, 2.75) is 30.8 Å². The first kappa shape index (κ1) is 20.8. The first-order valence-electron chi connectivity index (χ1n) is 12.7. The Labute approximate surface area is 213 Å². The summed E-state index contributed by atoms with van der Waals surface area (Å²) in [7, 11) is 0. The summed E-state index contributed by atoms with van der Waals surface area (Å²) in [5, 5.41) is 3.45. The summed E-state index contributed by atoms with van der Waals surface area (Å²) in [5.41, 5.74) is 5.59. The predicted molar refractivity (Wildman–Crippen MR) is 141 cm³/mol. The highest BCUT2D eigenvalue weighted by molar-refractivity contribution is 7.17. The number of carbonyl (C=O) groups is 1. The normalized spacial score (nSPS) is 23.7. The molecule has 1 spiro atoms. The van der Waals surface area contributed by atoms with E-state index in [1.54, 1.807) is 11.3 Å².